The average molecular weight is 503 g/mol. The molecular formula is C26H26N6O3S. The third kappa shape index (κ3) is 5.78. The largest absolute Gasteiger partial charge is 0.488 e. The fourth-order valence-electron chi connectivity index (χ4n) is 3.60. The van der Waals surface area contributed by atoms with Crippen molar-refractivity contribution in [3.05, 3.63) is 77.9 Å². The van der Waals surface area contributed by atoms with Gasteiger partial charge in [0.1, 0.15) is 16.9 Å². The van der Waals surface area contributed by atoms with E-state index in [1.54, 1.807) is 42.9 Å². The van der Waals surface area contributed by atoms with Gasteiger partial charge in [0.2, 0.25) is 0 Å². The zero-order chi connectivity index (χ0) is 25.5. The highest BCUT2D eigenvalue weighted by Crippen LogP contribution is 2.33. The lowest BCUT2D eigenvalue weighted by Gasteiger charge is -2.17. The van der Waals surface area contributed by atoms with Gasteiger partial charge in [-0.1, -0.05) is 12.7 Å². The minimum atomic E-state index is -0.549. The van der Waals surface area contributed by atoms with E-state index in [0.29, 0.717) is 46.5 Å². The predicted octanol–water partition coefficient (Wildman–Crippen LogP) is 4.45. The lowest BCUT2D eigenvalue weighted by molar-refractivity contribution is 0.0942. The molecule has 1 aromatic carbocycles. The first kappa shape index (κ1) is 25.1. The van der Waals surface area contributed by atoms with Gasteiger partial charge < -0.3 is 25.6 Å². The lowest BCUT2D eigenvalue weighted by atomic mass is 10.1. The van der Waals surface area contributed by atoms with E-state index in [1.165, 1.54) is 23.8 Å². The highest BCUT2D eigenvalue weighted by atomic mass is 32.1. The van der Waals surface area contributed by atoms with Gasteiger partial charge in [-0.2, -0.15) is 0 Å². The summed E-state index contributed by atoms with van der Waals surface area (Å²) < 4.78 is 11.5. The van der Waals surface area contributed by atoms with Gasteiger partial charge in [0.15, 0.2) is 0 Å². The number of benzene rings is 1. The molecule has 2 aromatic heterocycles. The van der Waals surface area contributed by atoms with Crippen molar-refractivity contribution in [3.63, 3.8) is 0 Å². The van der Waals surface area contributed by atoms with E-state index < -0.39 is 12.0 Å². The Balaban J connectivity index is 1.64. The molecule has 0 bridgehead atoms. The average Bonchev–Trinajstić information content (AvgIpc) is 3.61. The Hall–Kier alpha value is -4.02. The highest BCUT2D eigenvalue weighted by molar-refractivity contribution is 7.15. The molecule has 0 unspecified atom stereocenters. The molecule has 0 saturated carbocycles. The zero-order valence-electron chi connectivity index (χ0n) is 19.5. The molecule has 4 rings (SSSR count). The normalized spacial score (nSPS) is 16.5. The Kier molecular flexibility index (Phi) is 8.09. The van der Waals surface area contributed by atoms with Gasteiger partial charge in [0.25, 0.3) is 5.91 Å². The van der Waals surface area contributed by atoms with Crippen LogP contribution in [0.25, 0.3) is 16.6 Å². The number of hydrogen-bond acceptors (Lipinski definition) is 9. The van der Waals surface area contributed by atoms with Crippen LogP contribution in [0.5, 0.6) is 5.75 Å². The van der Waals surface area contributed by atoms with Crippen LogP contribution in [0.15, 0.2) is 56.0 Å². The summed E-state index contributed by atoms with van der Waals surface area (Å²) in [4.78, 5) is 27.2. The van der Waals surface area contributed by atoms with Gasteiger partial charge in [-0.05, 0) is 24.3 Å². The fourth-order valence-corrected chi connectivity index (χ4v) is 4.54. The van der Waals surface area contributed by atoms with Crippen LogP contribution < -0.4 is 10.1 Å². The Morgan fingerprint density at radius 1 is 1.17 bits per heavy atom. The second-order valence-corrected chi connectivity index (χ2v) is 9.10. The number of thiazole rings is 1. The van der Waals surface area contributed by atoms with Gasteiger partial charge in [-0.3, -0.25) is 14.8 Å². The summed E-state index contributed by atoms with van der Waals surface area (Å²) in [6.45, 7) is 8.63. The van der Waals surface area contributed by atoms with Crippen LogP contribution in [-0.2, 0) is 4.74 Å². The molecule has 1 fully saturated rings. The summed E-state index contributed by atoms with van der Waals surface area (Å²) in [5.74, 6) is -0.237. The number of carbonyl (C=O) groups excluding carboxylic acids is 1. The van der Waals surface area contributed by atoms with E-state index in [2.05, 4.69) is 33.4 Å². The summed E-state index contributed by atoms with van der Waals surface area (Å²) in [5, 5.41) is 18.7. The molecule has 10 heteroatoms. The second-order valence-electron chi connectivity index (χ2n) is 8.03. The van der Waals surface area contributed by atoms with Crippen molar-refractivity contribution in [2.45, 2.75) is 24.5 Å². The molecule has 0 aliphatic carbocycles. The Labute approximate surface area is 213 Å². The molecule has 1 aliphatic rings. The maximum absolute atomic E-state index is 13.3. The summed E-state index contributed by atoms with van der Waals surface area (Å²) in [6.07, 6.45) is 11.1. The van der Waals surface area contributed by atoms with Crippen molar-refractivity contribution in [3.8, 4) is 16.3 Å². The van der Waals surface area contributed by atoms with Crippen LogP contribution in [0, 0.1) is 10.8 Å². The number of amides is 1. The third-order valence-corrected chi connectivity index (χ3v) is 6.71. The Morgan fingerprint density at radius 2 is 2.00 bits per heavy atom. The summed E-state index contributed by atoms with van der Waals surface area (Å²) in [6, 6.07) is 4.72. The molecule has 184 valence electrons. The monoisotopic (exact) mass is 502 g/mol. The molecule has 3 N–H and O–H groups in total. The lowest BCUT2D eigenvalue weighted by Crippen LogP contribution is -2.28. The van der Waals surface area contributed by atoms with E-state index in [1.807, 2.05) is 6.07 Å². The summed E-state index contributed by atoms with van der Waals surface area (Å²) in [7, 11) is 0. The smallest absolute Gasteiger partial charge is 0.252 e. The van der Waals surface area contributed by atoms with Gasteiger partial charge >= 0.3 is 0 Å². The molecule has 1 amide bonds. The van der Waals surface area contributed by atoms with E-state index in [4.69, 9.17) is 20.3 Å². The third-order valence-electron chi connectivity index (χ3n) is 5.56. The first-order chi connectivity index (χ1) is 17.5. The van der Waals surface area contributed by atoms with Crippen LogP contribution in [0.4, 0.5) is 0 Å². The van der Waals surface area contributed by atoms with E-state index in [-0.39, 0.29) is 12.0 Å². The van der Waals surface area contributed by atoms with Crippen molar-refractivity contribution in [1.82, 2.24) is 20.3 Å². The van der Waals surface area contributed by atoms with Crippen molar-refractivity contribution < 1.29 is 14.3 Å². The van der Waals surface area contributed by atoms with Gasteiger partial charge in [0.05, 0.1) is 49.0 Å². The van der Waals surface area contributed by atoms with Crippen LogP contribution >= 0.6 is 11.3 Å². The Morgan fingerprint density at radius 3 is 2.64 bits per heavy atom. The number of nitrogens with zero attached hydrogens (tertiary/aromatic N) is 3. The van der Waals surface area contributed by atoms with Crippen LogP contribution in [0.2, 0.25) is 0 Å². The van der Waals surface area contributed by atoms with Crippen molar-refractivity contribution in [2.24, 2.45) is 0 Å². The van der Waals surface area contributed by atoms with E-state index in [9.17, 15) is 4.79 Å². The second kappa shape index (κ2) is 11.6. The minimum Gasteiger partial charge on any atom is -0.488 e. The van der Waals surface area contributed by atoms with Gasteiger partial charge in [-0.15, -0.1) is 17.9 Å². The van der Waals surface area contributed by atoms with Crippen molar-refractivity contribution in [2.75, 3.05) is 13.2 Å². The molecule has 2 atom stereocenters. The number of hydrogen-bond donors (Lipinski definition) is 3. The molecule has 1 aliphatic heterocycles. The van der Waals surface area contributed by atoms with Crippen LogP contribution in [0.1, 0.15) is 45.0 Å². The van der Waals surface area contributed by atoms with Crippen LogP contribution in [-0.4, -0.2) is 52.6 Å². The predicted molar refractivity (Wildman–Crippen MR) is 140 cm³/mol. The molecule has 1 saturated heterocycles. The summed E-state index contributed by atoms with van der Waals surface area (Å²) in [5.41, 5.74) is 2.27. The number of nitrogens with one attached hydrogen (secondary N) is 3. The molecular weight excluding hydrogens is 476 g/mol. The van der Waals surface area contributed by atoms with Crippen LogP contribution in [0.3, 0.4) is 0 Å². The summed E-state index contributed by atoms with van der Waals surface area (Å²) >= 11 is 1.37. The maximum atomic E-state index is 13.3. The highest BCUT2D eigenvalue weighted by Gasteiger charge is 2.21. The number of carbonyl (C=O) groups is 1. The number of rotatable bonds is 11. The van der Waals surface area contributed by atoms with E-state index in [0.717, 1.165) is 11.3 Å². The first-order valence-electron chi connectivity index (χ1n) is 11.3. The number of ether oxygens (including phenoxy) is 2. The van der Waals surface area contributed by atoms with Gasteiger partial charge in [0, 0.05) is 41.1 Å². The molecule has 0 spiro atoms. The van der Waals surface area contributed by atoms with Crippen molar-refractivity contribution >= 4 is 35.7 Å². The topological polar surface area (TPSA) is 134 Å². The SMILES string of the molecule is C=Cc1cnc([C@@H](C=C)NC(=O)c2cc(O[C@H]3CCOC3)cc(-c3ncc(C(C=N)C=N)s3)c2)cn1. The Bertz CT molecular complexity index is 1260. The van der Waals surface area contributed by atoms with Gasteiger partial charge in [-0.25, -0.2) is 4.98 Å². The molecule has 0 radical (unpaired) electrons. The standard InChI is InChI=1S/C26H26N6O3S/c1-3-19-12-30-23(13-29-19)22(4-2)32-25(33)16-7-17(9-21(8-16)35-20-5-6-34-15-20)26-31-14-24(36-26)18(10-27)11-28/h3-4,7-14,18,20,22,27-28H,1-2,5-6,15H2,(H,32,33)/t18?,20-,22+/m0/s1. The molecule has 36 heavy (non-hydrogen) atoms. The molecule has 3 heterocycles. The first-order valence-corrected chi connectivity index (χ1v) is 12.1. The molecule has 3 aromatic rings. The van der Waals surface area contributed by atoms with Crippen molar-refractivity contribution in [1.29, 1.82) is 10.8 Å². The molecule has 9 nitrogen and oxygen atoms in total. The fraction of sp³-hybridized carbons (Fsp3) is 0.231. The minimum absolute atomic E-state index is 0.0946. The maximum Gasteiger partial charge on any atom is 0.252 e. The zero-order valence-corrected chi connectivity index (χ0v) is 20.3. The van der Waals surface area contributed by atoms with E-state index >= 15 is 0 Å². The number of aromatic nitrogens is 3. The quantitative estimate of drug-likeness (QED) is 0.262.